The van der Waals surface area contributed by atoms with Crippen LogP contribution in [0.2, 0.25) is 0 Å². The summed E-state index contributed by atoms with van der Waals surface area (Å²) in [5.74, 6) is 2.31. The molecule has 3 aromatic carbocycles. The van der Waals surface area contributed by atoms with Crippen LogP contribution >= 0.6 is 18.4 Å². The van der Waals surface area contributed by atoms with E-state index in [-0.39, 0.29) is 0 Å². The van der Waals surface area contributed by atoms with Crippen molar-refractivity contribution >= 4 is 35.4 Å². The Morgan fingerprint density at radius 2 is 1.28 bits per heavy atom. The van der Waals surface area contributed by atoms with Crippen LogP contribution in [-0.2, 0) is 18.4 Å². The summed E-state index contributed by atoms with van der Waals surface area (Å²) in [6.07, 6.45) is 0. The van der Waals surface area contributed by atoms with E-state index >= 15 is 0 Å². The molecule has 3 aromatic rings. The number of rotatable bonds is 7. The van der Waals surface area contributed by atoms with E-state index in [1.54, 1.807) is 11.8 Å². The number of amidine groups is 1. The Bertz CT molecular complexity index is 1080. The van der Waals surface area contributed by atoms with Crippen LogP contribution in [0.1, 0.15) is 22.3 Å². The molecule has 1 saturated heterocycles. The molecular formula is C25H27N2O2PS2. The zero-order valence-electron chi connectivity index (χ0n) is 18.5. The van der Waals surface area contributed by atoms with Gasteiger partial charge in [0.1, 0.15) is 11.5 Å². The summed E-state index contributed by atoms with van der Waals surface area (Å²) in [6.45, 7) is 4.86. The molecule has 4 rings (SSSR count). The first-order chi connectivity index (χ1) is 15.4. The molecule has 1 aliphatic rings. The Morgan fingerprint density at radius 1 is 0.812 bits per heavy atom. The summed E-state index contributed by atoms with van der Waals surface area (Å²) in [5.41, 5.74) is 4.82. The molecule has 166 valence electrons. The van der Waals surface area contributed by atoms with E-state index in [1.165, 1.54) is 11.1 Å². The van der Waals surface area contributed by atoms with Crippen molar-refractivity contribution < 1.29 is 9.05 Å². The van der Waals surface area contributed by atoms with Crippen molar-refractivity contribution in [3.63, 3.8) is 0 Å². The minimum absolute atomic E-state index is 0.670. The van der Waals surface area contributed by atoms with Crippen molar-refractivity contribution in [2.24, 2.45) is 4.76 Å². The van der Waals surface area contributed by atoms with Crippen LogP contribution in [0.4, 0.5) is 0 Å². The summed E-state index contributed by atoms with van der Waals surface area (Å²) in [6, 6.07) is 24.3. The molecule has 0 amide bonds. The summed E-state index contributed by atoms with van der Waals surface area (Å²) >= 11 is 7.64. The van der Waals surface area contributed by atoms with Crippen LogP contribution in [0, 0.1) is 20.8 Å². The lowest BCUT2D eigenvalue weighted by molar-refractivity contribution is 0.453. The maximum atomic E-state index is 6.24. The Balaban J connectivity index is 1.62. The van der Waals surface area contributed by atoms with Gasteiger partial charge in [-0.05, 0) is 50.6 Å². The van der Waals surface area contributed by atoms with Crippen LogP contribution in [0.15, 0.2) is 77.6 Å². The highest BCUT2D eigenvalue weighted by molar-refractivity contribution is 8.15. The van der Waals surface area contributed by atoms with E-state index in [9.17, 15) is 0 Å². The lowest BCUT2D eigenvalue weighted by atomic mass is 10.1. The van der Waals surface area contributed by atoms with Crippen LogP contribution in [-0.4, -0.2) is 22.4 Å². The molecule has 0 saturated carbocycles. The van der Waals surface area contributed by atoms with Gasteiger partial charge >= 0.3 is 6.64 Å². The molecule has 0 N–H and O–H groups in total. The van der Waals surface area contributed by atoms with E-state index in [4.69, 9.17) is 25.6 Å². The van der Waals surface area contributed by atoms with Gasteiger partial charge in [-0.1, -0.05) is 77.0 Å². The molecule has 0 atom stereocenters. The van der Waals surface area contributed by atoms with E-state index < -0.39 is 6.64 Å². The highest BCUT2D eigenvalue weighted by Gasteiger charge is 2.28. The van der Waals surface area contributed by atoms with Crippen molar-refractivity contribution in [2.75, 3.05) is 12.3 Å². The van der Waals surface area contributed by atoms with E-state index in [2.05, 4.69) is 36.1 Å². The molecule has 0 bridgehead atoms. The smallest absolute Gasteiger partial charge is 0.416 e. The molecule has 7 heteroatoms. The van der Waals surface area contributed by atoms with Crippen LogP contribution < -0.4 is 9.05 Å². The fourth-order valence-electron chi connectivity index (χ4n) is 3.22. The molecule has 0 spiro atoms. The average molecular weight is 483 g/mol. The number of hydrogen-bond acceptors (Lipinski definition) is 4. The van der Waals surface area contributed by atoms with Gasteiger partial charge in [-0.15, -0.1) is 0 Å². The maximum Gasteiger partial charge on any atom is 0.416 e. The Hall–Kier alpha value is -2.27. The normalized spacial score (nSPS) is 15.2. The first-order valence-electron chi connectivity index (χ1n) is 10.5. The molecule has 0 radical (unpaired) electrons. The Morgan fingerprint density at radius 3 is 1.78 bits per heavy atom. The first kappa shape index (κ1) is 22.9. The second-order valence-electron chi connectivity index (χ2n) is 7.92. The molecule has 0 aromatic heterocycles. The number of hydrogen-bond donors (Lipinski definition) is 0. The van der Waals surface area contributed by atoms with Gasteiger partial charge in [0.15, 0.2) is 5.17 Å². The third kappa shape index (κ3) is 6.16. The van der Waals surface area contributed by atoms with Gasteiger partial charge in [-0.3, -0.25) is 0 Å². The SMILES string of the molecule is Cc1ccc(CN2CCS/C2=N\P(=S)(Oc2ccc(C)cc2)Oc2ccc(C)cc2)cc1. The van der Waals surface area contributed by atoms with Gasteiger partial charge in [-0.2, -0.15) is 4.76 Å². The topological polar surface area (TPSA) is 34.1 Å². The monoisotopic (exact) mass is 482 g/mol. The van der Waals surface area contributed by atoms with Gasteiger partial charge in [0.25, 0.3) is 0 Å². The van der Waals surface area contributed by atoms with Crippen molar-refractivity contribution in [1.82, 2.24) is 4.90 Å². The zero-order chi connectivity index (χ0) is 22.6. The van der Waals surface area contributed by atoms with Gasteiger partial charge in [0, 0.05) is 30.6 Å². The lowest BCUT2D eigenvalue weighted by Gasteiger charge is -2.23. The standard InChI is InChI=1S/C25H27N2O2PS2/c1-19-4-10-22(11-5-19)18-27-16-17-32-25(27)26-30(31,28-23-12-6-20(2)7-13-23)29-24-14-8-21(3)9-15-24/h4-15H,16-18H2,1-3H3/b26-25-. The molecule has 1 aliphatic heterocycles. The molecule has 32 heavy (non-hydrogen) atoms. The van der Waals surface area contributed by atoms with E-state index in [1.807, 2.05) is 62.4 Å². The number of benzene rings is 3. The number of thioether (sulfide) groups is 1. The molecule has 1 fully saturated rings. The predicted molar refractivity (Wildman–Crippen MR) is 139 cm³/mol. The largest absolute Gasteiger partial charge is 0.419 e. The number of aryl methyl sites for hydroxylation is 3. The summed E-state index contributed by atoms with van der Waals surface area (Å²) < 4.78 is 17.4. The highest BCUT2D eigenvalue weighted by atomic mass is 32.5. The number of nitrogens with zero attached hydrogens (tertiary/aromatic N) is 2. The predicted octanol–water partition coefficient (Wildman–Crippen LogP) is 6.90. The molecular weight excluding hydrogens is 455 g/mol. The average Bonchev–Trinajstić information content (AvgIpc) is 3.19. The minimum atomic E-state index is -3.03. The van der Waals surface area contributed by atoms with E-state index in [0.29, 0.717) is 11.5 Å². The minimum Gasteiger partial charge on any atom is -0.419 e. The first-order valence-corrected chi connectivity index (χ1v) is 14.1. The van der Waals surface area contributed by atoms with Crippen molar-refractivity contribution in [3.8, 4) is 11.5 Å². The van der Waals surface area contributed by atoms with Gasteiger partial charge in [0.2, 0.25) is 0 Å². The Labute approximate surface area is 199 Å². The molecule has 1 heterocycles. The van der Waals surface area contributed by atoms with Crippen LogP contribution in [0.25, 0.3) is 0 Å². The third-order valence-electron chi connectivity index (χ3n) is 5.05. The van der Waals surface area contributed by atoms with Gasteiger partial charge in [0.05, 0.1) is 0 Å². The molecule has 0 unspecified atom stereocenters. The van der Waals surface area contributed by atoms with E-state index in [0.717, 1.165) is 35.1 Å². The fourth-order valence-corrected chi connectivity index (χ4v) is 6.74. The fraction of sp³-hybridized carbons (Fsp3) is 0.240. The summed E-state index contributed by atoms with van der Waals surface area (Å²) in [5, 5.41) is 0.883. The maximum absolute atomic E-state index is 6.24. The summed E-state index contributed by atoms with van der Waals surface area (Å²) in [7, 11) is 0. The van der Waals surface area contributed by atoms with Crippen LogP contribution in [0.5, 0.6) is 11.5 Å². The summed E-state index contributed by atoms with van der Waals surface area (Å²) in [4.78, 5) is 2.26. The third-order valence-corrected chi connectivity index (χ3v) is 8.19. The van der Waals surface area contributed by atoms with Crippen molar-refractivity contribution in [3.05, 3.63) is 95.1 Å². The lowest BCUT2D eigenvalue weighted by Crippen LogP contribution is -2.24. The van der Waals surface area contributed by atoms with Gasteiger partial charge < -0.3 is 13.9 Å². The molecule has 4 nitrogen and oxygen atoms in total. The highest BCUT2D eigenvalue weighted by Crippen LogP contribution is 2.51. The van der Waals surface area contributed by atoms with Crippen LogP contribution in [0.3, 0.4) is 0 Å². The quantitative estimate of drug-likeness (QED) is 0.342. The Kier molecular flexibility index (Phi) is 7.24. The van der Waals surface area contributed by atoms with Gasteiger partial charge in [-0.25, -0.2) is 0 Å². The second-order valence-corrected chi connectivity index (χ2v) is 11.9. The molecule has 0 aliphatic carbocycles. The second kappa shape index (κ2) is 10.1. The van der Waals surface area contributed by atoms with Crippen molar-refractivity contribution in [1.29, 1.82) is 0 Å². The zero-order valence-corrected chi connectivity index (χ0v) is 21.1. The van der Waals surface area contributed by atoms with Crippen molar-refractivity contribution in [2.45, 2.75) is 27.3 Å².